The first kappa shape index (κ1) is 24.9. The zero-order valence-corrected chi connectivity index (χ0v) is 21.9. The SMILES string of the molecule is Cn1c(=O)oc2cc(S(=O)(=O)NCC3=NN(c4ccc(Cl)cc4Cl)C(c4ccc(Cl)cc4)C3)ccc21. The van der Waals surface area contributed by atoms with Crippen LogP contribution in [0.5, 0.6) is 0 Å². The van der Waals surface area contributed by atoms with Crippen molar-refractivity contribution in [1.82, 2.24) is 9.29 Å². The summed E-state index contributed by atoms with van der Waals surface area (Å²) in [6.07, 6.45) is 0.454. The van der Waals surface area contributed by atoms with Crippen molar-refractivity contribution < 1.29 is 12.8 Å². The number of anilines is 1. The number of hydrogen-bond acceptors (Lipinski definition) is 6. The lowest BCUT2D eigenvalue weighted by Gasteiger charge is -2.25. The van der Waals surface area contributed by atoms with Gasteiger partial charge in [0.1, 0.15) is 0 Å². The number of benzene rings is 3. The summed E-state index contributed by atoms with van der Waals surface area (Å²) in [5.41, 5.74) is 2.88. The minimum absolute atomic E-state index is 0.0187. The average molecular weight is 566 g/mol. The van der Waals surface area contributed by atoms with Crippen LogP contribution in [-0.4, -0.2) is 25.2 Å². The third kappa shape index (κ3) is 4.77. The van der Waals surface area contributed by atoms with Crippen LogP contribution in [0.3, 0.4) is 0 Å². The van der Waals surface area contributed by atoms with E-state index < -0.39 is 15.8 Å². The maximum atomic E-state index is 13.0. The van der Waals surface area contributed by atoms with Gasteiger partial charge in [0.2, 0.25) is 10.0 Å². The highest BCUT2D eigenvalue weighted by Gasteiger charge is 2.31. The molecule has 0 amide bonds. The fourth-order valence-electron chi connectivity index (χ4n) is 4.06. The largest absolute Gasteiger partial charge is 0.419 e. The summed E-state index contributed by atoms with van der Waals surface area (Å²) in [6.45, 7) is -0.0229. The van der Waals surface area contributed by atoms with Crippen LogP contribution in [0.4, 0.5) is 5.69 Å². The fraction of sp³-hybridized carbons (Fsp3) is 0.167. The van der Waals surface area contributed by atoms with Crippen molar-refractivity contribution in [2.75, 3.05) is 11.6 Å². The first-order valence-corrected chi connectivity index (χ1v) is 13.4. The van der Waals surface area contributed by atoms with E-state index in [2.05, 4.69) is 9.82 Å². The Morgan fingerprint density at radius 1 is 1.03 bits per heavy atom. The zero-order valence-electron chi connectivity index (χ0n) is 18.8. The molecule has 0 bridgehead atoms. The first-order valence-electron chi connectivity index (χ1n) is 10.8. The fourth-order valence-corrected chi connectivity index (χ4v) is 5.71. The first-order chi connectivity index (χ1) is 17.1. The van der Waals surface area contributed by atoms with E-state index >= 15 is 0 Å². The number of halogens is 3. The molecule has 12 heteroatoms. The number of nitrogens with one attached hydrogen (secondary N) is 1. The van der Waals surface area contributed by atoms with Crippen LogP contribution in [0, 0.1) is 0 Å². The van der Waals surface area contributed by atoms with E-state index in [0.29, 0.717) is 38.4 Å². The van der Waals surface area contributed by atoms with E-state index in [1.165, 1.54) is 22.8 Å². The molecular formula is C24H19Cl3N4O4S. The second kappa shape index (κ2) is 9.57. The molecule has 5 rings (SSSR count). The van der Waals surface area contributed by atoms with Crippen LogP contribution in [0.2, 0.25) is 15.1 Å². The molecule has 2 heterocycles. The van der Waals surface area contributed by atoms with E-state index in [1.54, 1.807) is 42.4 Å². The lowest BCUT2D eigenvalue weighted by molar-refractivity contribution is 0.527. The lowest BCUT2D eigenvalue weighted by atomic mass is 10.0. The molecule has 1 atom stereocenters. The van der Waals surface area contributed by atoms with Gasteiger partial charge in [0.15, 0.2) is 5.58 Å². The van der Waals surface area contributed by atoms with Gasteiger partial charge >= 0.3 is 5.76 Å². The number of rotatable bonds is 6. The van der Waals surface area contributed by atoms with E-state index in [0.717, 1.165) is 5.56 Å². The lowest BCUT2D eigenvalue weighted by Crippen LogP contribution is -2.29. The van der Waals surface area contributed by atoms with Crippen LogP contribution >= 0.6 is 34.8 Å². The summed E-state index contributed by atoms with van der Waals surface area (Å²) < 4.78 is 35.0. The van der Waals surface area contributed by atoms with Crippen molar-refractivity contribution in [1.29, 1.82) is 0 Å². The summed E-state index contributed by atoms with van der Waals surface area (Å²) in [4.78, 5) is 11.7. The normalized spacial score (nSPS) is 16.1. The molecule has 1 N–H and O–H groups in total. The Kier molecular flexibility index (Phi) is 6.61. The highest BCUT2D eigenvalue weighted by atomic mass is 35.5. The highest BCUT2D eigenvalue weighted by Crippen LogP contribution is 2.39. The minimum Gasteiger partial charge on any atom is -0.408 e. The number of sulfonamides is 1. The maximum Gasteiger partial charge on any atom is 0.419 e. The zero-order chi connectivity index (χ0) is 25.6. The molecule has 1 aliphatic rings. The van der Waals surface area contributed by atoms with Gasteiger partial charge in [0.25, 0.3) is 0 Å². The second-order valence-electron chi connectivity index (χ2n) is 8.26. The molecule has 1 aromatic heterocycles. The van der Waals surface area contributed by atoms with Crippen molar-refractivity contribution in [2.45, 2.75) is 17.4 Å². The summed E-state index contributed by atoms with van der Waals surface area (Å²) in [7, 11) is -2.36. The second-order valence-corrected chi connectivity index (χ2v) is 11.3. The highest BCUT2D eigenvalue weighted by molar-refractivity contribution is 7.89. The molecule has 1 unspecified atom stereocenters. The number of aryl methyl sites for hydroxylation is 1. The number of oxazole rings is 1. The van der Waals surface area contributed by atoms with Crippen LogP contribution in [0.25, 0.3) is 11.1 Å². The van der Waals surface area contributed by atoms with Crippen molar-refractivity contribution in [3.8, 4) is 0 Å². The number of fused-ring (bicyclic) bond motifs is 1. The molecule has 36 heavy (non-hydrogen) atoms. The van der Waals surface area contributed by atoms with Gasteiger partial charge in [-0.1, -0.05) is 46.9 Å². The van der Waals surface area contributed by atoms with Crippen LogP contribution in [0.15, 0.2) is 79.9 Å². The Hall–Kier alpha value is -2.82. The van der Waals surface area contributed by atoms with Crippen LogP contribution in [0.1, 0.15) is 18.0 Å². The van der Waals surface area contributed by atoms with E-state index in [-0.39, 0.29) is 23.1 Å². The quantitative estimate of drug-likeness (QED) is 0.339. The average Bonchev–Trinajstić information content (AvgIpc) is 3.39. The number of hydrazone groups is 1. The maximum absolute atomic E-state index is 13.0. The molecule has 0 radical (unpaired) electrons. The minimum atomic E-state index is -3.91. The topological polar surface area (TPSA) is 96.9 Å². The van der Waals surface area contributed by atoms with Crippen molar-refractivity contribution >= 4 is 67.3 Å². The molecule has 4 aromatic rings. The Morgan fingerprint density at radius 3 is 2.47 bits per heavy atom. The summed E-state index contributed by atoms with van der Waals surface area (Å²) in [5, 5.41) is 7.97. The molecule has 1 aliphatic heterocycles. The predicted octanol–water partition coefficient (Wildman–Crippen LogP) is 5.38. The summed E-state index contributed by atoms with van der Waals surface area (Å²) in [6, 6.07) is 16.5. The van der Waals surface area contributed by atoms with Gasteiger partial charge in [-0.3, -0.25) is 9.58 Å². The molecule has 3 aromatic carbocycles. The summed E-state index contributed by atoms with van der Waals surface area (Å²) >= 11 is 18.6. The molecule has 0 fully saturated rings. The van der Waals surface area contributed by atoms with Crippen molar-refractivity contribution in [3.05, 3.63) is 91.8 Å². The monoisotopic (exact) mass is 564 g/mol. The molecule has 186 valence electrons. The van der Waals surface area contributed by atoms with Crippen molar-refractivity contribution in [2.24, 2.45) is 12.1 Å². The molecule has 0 saturated heterocycles. The van der Waals surface area contributed by atoms with E-state index in [9.17, 15) is 13.2 Å². The van der Waals surface area contributed by atoms with Gasteiger partial charge in [0, 0.05) is 29.6 Å². The van der Waals surface area contributed by atoms with Gasteiger partial charge in [-0.25, -0.2) is 17.9 Å². The standard InChI is InChI=1S/C24H19Cl3N4O4S/c1-30-21-9-7-18(12-23(21)35-24(30)32)36(33,34)28-13-17-11-22(14-2-4-15(25)5-3-14)31(29-17)20-8-6-16(26)10-19(20)27/h2-10,12,22,28H,11,13H2,1H3. The number of nitrogens with zero attached hydrogens (tertiary/aromatic N) is 3. The van der Waals surface area contributed by atoms with Crippen LogP contribution < -0.4 is 15.5 Å². The third-order valence-electron chi connectivity index (χ3n) is 5.92. The van der Waals surface area contributed by atoms with E-state index in [4.69, 9.17) is 39.2 Å². The summed E-state index contributed by atoms with van der Waals surface area (Å²) in [5.74, 6) is -0.568. The Bertz CT molecular complexity index is 1660. The van der Waals surface area contributed by atoms with Gasteiger partial charge < -0.3 is 4.42 Å². The van der Waals surface area contributed by atoms with Crippen molar-refractivity contribution in [3.63, 3.8) is 0 Å². The predicted molar refractivity (Wildman–Crippen MR) is 142 cm³/mol. The molecule has 0 aliphatic carbocycles. The Balaban J connectivity index is 1.42. The number of hydrogen-bond donors (Lipinski definition) is 1. The van der Waals surface area contributed by atoms with Gasteiger partial charge in [-0.05, 0) is 48.0 Å². The Morgan fingerprint density at radius 2 is 1.75 bits per heavy atom. The molecule has 0 spiro atoms. The van der Waals surface area contributed by atoms with Gasteiger partial charge in [-0.15, -0.1) is 0 Å². The smallest absolute Gasteiger partial charge is 0.408 e. The Labute approximate surface area is 221 Å². The number of aromatic nitrogens is 1. The van der Waals surface area contributed by atoms with Crippen LogP contribution in [-0.2, 0) is 17.1 Å². The molecular weight excluding hydrogens is 547 g/mol. The van der Waals surface area contributed by atoms with E-state index in [1.807, 2.05) is 12.1 Å². The van der Waals surface area contributed by atoms with Gasteiger partial charge in [-0.2, -0.15) is 5.10 Å². The molecule has 8 nitrogen and oxygen atoms in total. The third-order valence-corrected chi connectivity index (χ3v) is 8.11. The molecule has 0 saturated carbocycles. The van der Waals surface area contributed by atoms with Gasteiger partial charge in [0.05, 0.1) is 39.4 Å².